The Morgan fingerprint density at radius 2 is 1.04 bits per heavy atom. The van der Waals surface area contributed by atoms with E-state index in [9.17, 15) is 0 Å². The molecule has 6 aromatic carbocycles. The van der Waals surface area contributed by atoms with E-state index in [0.717, 1.165) is 57.1 Å². The van der Waals surface area contributed by atoms with Crippen LogP contribution in [0.25, 0.3) is 89.8 Å². The normalized spacial score (nSPS) is 12.5. The molecule has 5 nitrogen and oxygen atoms in total. The minimum atomic E-state index is 0.632. The summed E-state index contributed by atoms with van der Waals surface area (Å²) in [6, 6.07) is 52.5. The quantitative estimate of drug-likeness (QED) is 0.173. The highest BCUT2D eigenvalue weighted by Crippen LogP contribution is 2.43. The van der Waals surface area contributed by atoms with Crippen molar-refractivity contribution in [3.05, 3.63) is 169 Å². The molecule has 10 rings (SSSR count). The fraction of sp³-hybridized carbons (Fsp3) is 0.0435. The van der Waals surface area contributed by atoms with Crippen LogP contribution in [0.15, 0.2) is 158 Å². The number of benzene rings is 6. The van der Waals surface area contributed by atoms with Gasteiger partial charge in [0.2, 0.25) is 0 Å². The summed E-state index contributed by atoms with van der Waals surface area (Å²) in [4.78, 5) is 20.4. The monoisotopic (exact) mass is 653 g/mol. The van der Waals surface area contributed by atoms with Crippen molar-refractivity contribution in [1.82, 2.24) is 24.5 Å². The fourth-order valence-corrected chi connectivity index (χ4v) is 7.50. The molecule has 0 amide bonds. The lowest BCUT2D eigenvalue weighted by Crippen LogP contribution is -2.03. The number of hydrogen-bond acceptors (Lipinski definition) is 4. The first-order chi connectivity index (χ1) is 25.3. The molecule has 5 heteroatoms. The number of hydrogen-bond donors (Lipinski definition) is 0. The number of rotatable bonds is 5. The van der Waals surface area contributed by atoms with Crippen LogP contribution in [0.2, 0.25) is 0 Å². The maximum Gasteiger partial charge on any atom is 0.164 e. The van der Waals surface area contributed by atoms with Crippen LogP contribution in [0.1, 0.15) is 17.7 Å². The Labute approximate surface area is 295 Å². The van der Waals surface area contributed by atoms with Crippen molar-refractivity contribution in [2.75, 3.05) is 0 Å². The van der Waals surface area contributed by atoms with Crippen molar-refractivity contribution in [1.29, 1.82) is 0 Å². The maximum atomic E-state index is 5.54. The van der Waals surface area contributed by atoms with Gasteiger partial charge >= 0.3 is 0 Å². The molecule has 0 radical (unpaired) electrons. The Morgan fingerprint density at radius 1 is 0.471 bits per heavy atom. The first kappa shape index (κ1) is 29.2. The molecule has 0 atom stereocenters. The van der Waals surface area contributed by atoms with Gasteiger partial charge in [-0.2, -0.15) is 0 Å². The molecule has 0 N–H and O–H groups in total. The molecule has 3 heterocycles. The molecule has 1 aliphatic rings. The minimum absolute atomic E-state index is 0.632. The molecule has 0 saturated heterocycles. The van der Waals surface area contributed by atoms with E-state index in [-0.39, 0.29) is 0 Å². The van der Waals surface area contributed by atoms with Crippen molar-refractivity contribution < 1.29 is 0 Å². The summed E-state index contributed by atoms with van der Waals surface area (Å²) < 4.78 is 2.48. The molecule has 240 valence electrons. The summed E-state index contributed by atoms with van der Waals surface area (Å²) in [5, 5.41) is 4.66. The number of fused-ring (bicyclic) bond motifs is 7. The molecule has 0 bridgehead atoms. The van der Waals surface area contributed by atoms with Crippen molar-refractivity contribution in [3.8, 4) is 51.1 Å². The van der Waals surface area contributed by atoms with Gasteiger partial charge in [-0.05, 0) is 30.4 Å². The van der Waals surface area contributed by atoms with Crippen LogP contribution >= 0.6 is 0 Å². The van der Waals surface area contributed by atoms with Crippen molar-refractivity contribution in [3.63, 3.8) is 0 Å². The summed E-state index contributed by atoms with van der Waals surface area (Å²) in [7, 11) is 0. The van der Waals surface area contributed by atoms with Gasteiger partial charge in [0.05, 0.1) is 16.7 Å². The summed E-state index contributed by atoms with van der Waals surface area (Å²) in [5.74, 6) is 1.93. The van der Waals surface area contributed by atoms with Crippen LogP contribution in [0, 0.1) is 0 Å². The second-order valence-corrected chi connectivity index (χ2v) is 13.0. The highest BCUT2D eigenvalue weighted by atomic mass is 15.0. The fourth-order valence-electron chi connectivity index (χ4n) is 7.50. The number of para-hydroxylation sites is 1. The van der Waals surface area contributed by atoms with Crippen LogP contribution in [-0.2, 0) is 6.42 Å². The van der Waals surface area contributed by atoms with E-state index < -0.39 is 0 Å². The predicted molar refractivity (Wildman–Crippen MR) is 209 cm³/mol. The van der Waals surface area contributed by atoms with Crippen molar-refractivity contribution in [2.45, 2.75) is 12.8 Å². The topological polar surface area (TPSA) is 56.5 Å². The summed E-state index contributed by atoms with van der Waals surface area (Å²) in [6.07, 6.45) is 6.57. The third-order valence-corrected chi connectivity index (χ3v) is 9.89. The zero-order valence-corrected chi connectivity index (χ0v) is 27.7. The Kier molecular flexibility index (Phi) is 6.88. The number of pyridine rings is 1. The molecule has 1 aliphatic carbocycles. The van der Waals surface area contributed by atoms with Gasteiger partial charge in [0.15, 0.2) is 17.5 Å². The molecule has 0 fully saturated rings. The Morgan fingerprint density at radius 3 is 1.71 bits per heavy atom. The predicted octanol–water partition coefficient (Wildman–Crippen LogP) is 11.1. The van der Waals surface area contributed by atoms with Crippen molar-refractivity contribution in [2.24, 2.45) is 0 Å². The smallest absolute Gasteiger partial charge is 0.164 e. The third-order valence-electron chi connectivity index (χ3n) is 9.89. The van der Waals surface area contributed by atoms with Gasteiger partial charge in [-0.25, -0.2) is 19.9 Å². The van der Waals surface area contributed by atoms with E-state index in [1.165, 1.54) is 33.2 Å². The van der Waals surface area contributed by atoms with Crippen molar-refractivity contribution >= 4 is 38.7 Å². The molecule has 0 spiro atoms. The first-order valence-corrected chi connectivity index (χ1v) is 17.4. The zero-order valence-electron chi connectivity index (χ0n) is 27.7. The minimum Gasteiger partial charge on any atom is -0.312 e. The molecule has 0 saturated carbocycles. The highest BCUT2D eigenvalue weighted by molar-refractivity contribution is 6.19. The van der Waals surface area contributed by atoms with E-state index in [1.54, 1.807) is 0 Å². The SMILES string of the molecule is C1=Cc2c(n(-c3ccccc3)c3c2c(-c2ccc(-c4nc(-c5ccccc5)nc(-c5ccccc5)n4)cc2)nc2c4ccccc4ccc23)CC1. The summed E-state index contributed by atoms with van der Waals surface area (Å²) in [6.45, 7) is 0. The number of allylic oxidation sites excluding steroid dienone is 1. The molecule has 9 aromatic rings. The maximum absolute atomic E-state index is 5.54. The van der Waals surface area contributed by atoms with Crippen LogP contribution in [-0.4, -0.2) is 24.5 Å². The Bertz CT molecular complexity index is 2710. The van der Waals surface area contributed by atoms with Crippen LogP contribution in [0.4, 0.5) is 0 Å². The van der Waals surface area contributed by atoms with Gasteiger partial charge in [0.25, 0.3) is 0 Å². The van der Waals surface area contributed by atoms with Crippen LogP contribution in [0.3, 0.4) is 0 Å². The summed E-state index contributed by atoms with van der Waals surface area (Å²) >= 11 is 0. The van der Waals surface area contributed by atoms with E-state index in [2.05, 4.69) is 108 Å². The molecule has 3 aromatic heterocycles. The lowest BCUT2D eigenvalue weighted by molar-refractivity contribution is 0.890. The summed E-state index contributed by atoms with van der Waals surface area (Å²) in [5.41, 5.74) is 10.8. The Balaban J connectivity index is 1.20. The zero-order chi connectivity index (χ0) is 33.7. The standard InChI is InChI=1S/C46H31N5/c1-4-15-32(16-5-1)44-48-45(33-17-6-2-7-18-33)50-46(49-44)34-26-24-31(25-27-34)41-40-37-22-12-13-23-39(37)51(35-19-8-3-9-20-35)43(40)38-29-28-30-14-10-11-21-36(30)42(38)47-41/h1-12,14-22,24-29H,13,23H2. The van der Waals surface area contributed by atoms with Crippen LogP contribution in [0.5, 0.6) is 0 Å². The number of nitrogens with zero attached hydrogens (tertiary/aromatic N) is 5. The average molecular weight is 654 g/mol. The number of aromatic nitrogens is 5. The van der Waals surface area contributed by atoms with Gasteiger partial charge < -0.3 is 4.57 Å². The molecule has 51 heavy (non-hydrogen) atoms. The van der Waals surface area contributed by atoms with Gasteiger partial charge in [-0.1, -0.05) is 152 Å². The third kappa shape index (κ3) is 4.93. The second-order valence-electron chi connectivity index (χ2n) is 13.0. The molecular weight excluding hydrogens is 623 g/mol. The Hall–Kier alpha value is -6.72. The van der Waals surface area contributed by atoms with Gasteiger partial charge in [0, 0.05) is 55.4 Å². The second kappa shape index (κ2) is 12.0. The lowest BCUT2D eigenvalue weighted by atomic mass is 9.96. The van der Waals surface area contributed by atoms with E-state index in [4.69, 9.17) is 19.9 Å². The molecule has 0 aliphatic heterocycles. The highest BCUT2D eigenvalue weighted by Gasteiger charge is 2.25. The van der Waals surface area contributed by atoms with E-state index in [0.29, 0.717) is 17.5 Å². The molecule has 0 unspecified atom stereocenters. The largest absolute Gasteiger partial charge is 0.312 e. The van der Waals surface area contributed by atoms with E-state index in [1.807, 2.05) is 60.7 Å². The van der Waals surface area contributed by atoms with E-state index >= 15 is 0 Å². The van der Waals surface area contributed by atoms with Gasteiger partial charge in [-0.3, -0.25) is 0 Å². The van der Waals surface area contributed by atoms with Crippen LogP contribution < -0.4 is 0 Å². The van der Waals surface area contributed by atoms with Gasteiger partial charge in [0.1, 0.15) is 0 Å². The lowest BCUT2D eigenvalue weighted by Gasteiger charge is -2.14. The molecular formula is C46H31N5. The van der Waals surface area contributed by atoms with Gasteiger partial charge in [-0.15, -0.1) is 0 Å². The average Bonchev–Trinajstić information content (AvgIpc) is 3.57. The first-order valence-electron chi connectivity index (χ1n) is 17.4.